The number of phenols is 1. The summed E-state index contributed by atoms with van der Waals surface area (Å²) in [5.41, 5.74) is 1.49. The van der Waals surface area contributed by atoms with Crippen molar-refractivity contribution < 1.29 is 9.90 Å². The highest BCUT2D eigenvalue weighted by Crippen LogP contribution is 2.28. The van der Waals surface area contributed by atoms with Crippen LogP contribution >= 0.6 is 23.2 Å². The molecule has 138 valence electrons. The van der Waals surface area contributed by atoms with Gasteiger partial charge < -0.3 is 20.2 Å². The molecule has 5 nitrogen and oxygen atoms in total. The van der Waals surface area contributed by atoms with Gasteiger partial charge in [-0.3, -0.25) is 4.79 Å². The number of carbonyl (C=O) groups is 1. The third-order valence-corrected chi connectivity index (χ3v) is 5.04. The first kappa shape index (κ1) is 18.7. The van der Waals surface area contributed by atoms with Crippen molar-refractivity contribution in [1.29, 1.82) is 0 Å². The monoisotopic (exact) mass is 393 g/mol. The molecule has 1 heterocycles. The van der Waals surface area contributed by atoms with Gasteiger partial charge in [0.1, 0.15) is 11.8 Å². The number of benzene rings is 2. The highest BCUT2D eigenvalue weighted by Gasteiger charge is 2.26. The number of hydrogen-bond acceptors (Lipinski definition) is 4. The van der Waals surface area contributed by atoms with Crippen LogP contribution in [-0.4, -0.2) is 48.1 Å². The van der Waals surface area contributed by atoms with Crippen LogP contribution in [0.5, 0.6) is 5.75 Å². The smallest absolute Gasteiger partial charge is 0.244 e. The summed E-state index contributed by atoms with van der Waals surface area (Å²) < 4.78 is 0. The second kappa shape index (κ2) is 8.06. The average Bonchev–Trinajstić information content (AvgIpc) is 2.64. The van der Waals surface area contributed by atoms with Crippen molar-refractivity contribution in [2.45, 2.75) is 13.0 Å². The molecule has 1 atom stereocenters. The van der Waals surface area contributed by atoms with E-state index in [-0.39, 0.29) is 11.7 Å². The third kappa shape index (κ3) is 4.17. The Morgan fingerprint density at radius 2 is 1.81 bits per heavy atom. The number of anilines is 2. The Morgan fingerprint density at radius 3 is 2.46 bits per heavy atom. The second-order valence-electron chi connectivity index (χ2n) is 6.29. The van der Waals surface area contributed by atoms with Gasteiger partial charge in [0.25, 0.3) is 0 Å². The lowest BCUT2D eigenvalue weighted by molar-refractivity contribution is -0.131. The molecular weight excluding hydrogens is 373 g/mol. The number of halogens is 2. The van der Waals surface area contributed by atoms with Gasteiger partial charge in [0.15, 0.2) is 0 Å². The Labute approximate surface area is 163 Å². The van der Waals surface area contributed by atoms with Gasteiger partial charge >= 0.3 is 0 Å². The van der Waals surface area contributed by atoms with Crippen LogP contribution in [-0.2, 0) is 4.79 Å². The summed E-state index contributed by atoms with van der Waals surface area (Å²) in [4.78, 5) is 16.6. The molecule has 2 N–H and O–H groups in total. The van der Waals surface area contributed by atoms with Crippen molar-refractivity contribution in [3.63, 3.8) is 0 Å². The number of aromatic hydroxyl groups is 1. The Hall–Kier alpha value is -2.11. The normalized spacial score (nSPS) is 15.7. The molecule has 0 bridgehead atoms. The standard InChI is InChI=1S/C19H21Cl2N3O2/c1-13(22-16-7-6-14(20)12-15(16)21)19(26)24-10-8-23(9-11-24)17-4-2-3-5-18(17)25/h2-7,12-13,22,25H,8-11H2,1H3/t13-/m0/s1. The largest absolute Gasteiger partial charge is 0.506 e. The van der Waals surface area contributed by atoms with E-state index in [0.717, 1.165) is 5.69 Å². The van der Waals surface area contributed by atoms with E-state index >= 15 is 0 Å². The lowest BCUT2D eigenvalue weighted by Gasteiger charge is -2.37. The molecule has 1 aliphatic heterocycles. The lowest BCUT2D eigenvalue weighted by Crippen LogP contribution is -2.52. The summed E-state index contributed by atoms with van der Waals surface area (Å²) in [5.74, 6) is 0.285. The van der Waals surface area contributed by atoms with E-state index in [2.05, 4.69) is 10.2 Å². The van der Waals surface area contributed by atoms with Crippen LogP contribution in [0.15, 0.2) is 42.5 Å². The number of phenolic OH excluding ortho intramolecular Hbond substituents is 1. The van der Waals surface area contributed by atoms with Gasteiger partial charge in [0.2, 0.25) is 5.91 Å². The van der Waals surface area contributed by atoms with Gasteiger partial charge in [-0.1, -0.05) is 35.3 Å². The van der Waals surface area contributed by atoms with E-state index in [0.29, 0.717) is 41.9 Å². The summed E-state index contributed by atoms with van der Waals surface area (Å²) in [6.45, 7) is 4.39. The Morgan fingerprint density at radius 1 is 1.12 bits per heavy atom. The molecule has 0 aromatic heterocycles. The van der Waals surface area contributed by atoms with Crippen molar-refractivity contribution >= 4 is 40.5 Å². The summed E-state index contributed by atoms with van der Waals surface area (Å²) in [6.07, 6.45) is 0. The number of rotatable bonds is 4. The van der Waals surface area contributed by atoms with Gasteiger partial charge in [-0.25, -0.2) is 0 Å². The number of nitrogens with zero attached hydrogens (tertiary/aromatic N) is 2. The number of carbonyl (C=O) groups excluding carboxylic acids is 1. The predicted molar refractivity (Wildman–Crippen MR) is 106 cm³/mol. The molecule has 1 saturated heterocycles. The average molecular weight is 394 g/mol. The van der Waals surface area contributed by atoms with Gasteiger partial charge in [0.05, 0.1) is 16.4 Å². The molecule has 1 aliphatic rings. The number of hydrogen-bond donors (Lipinski definition) is 2. The zero-order valence-corrected chi connectivity index (χ0v) is 16.0. The molecule has 0 spiro atoms. The van der Waals surface area contributed by atoms with E-state index in [1.54, 1.807) is 30.3 Å². The maximum Gasteiger partial charge on any atom is 0.244 e. The Balaban J connectivity index is 1.58. The number of para-hydroxylation sites is 2. The summed E-state index contributed by atoms with van der Waals surface area (Å²) >= 11 is 12.1. The summed E-state index contributed by atoms with van der Waals surface area (Å²) in [5, 5.41) is 14.2. The molecule has 0 unspecified atom stereocenters. The van der Waals surface area contributed by atoms with Crippen molar-refractivity contribution in [3.8, 4) is 5.75 Å². The van der Waals surface area contributed by atoms with Crippen LogP contribution in [0.25, 0.3) is 0 Å². The molecule has 7 heteroatoms. The highest BCUT2D eigenvalue weighted by molar-refractivity contribution is 6.36. The molecule has 26 heavy (non-hydrogen) atoms. The van der Waals surface area contributed by atoms with Crippen LogP contribution in [0.1, 0.15) is 6.92 Å². The Bertz CT molecular complexity index is 792. The molecule has 3 rings (SSSR count). The van der Waals surface area contributed by atoms with E-state index in [1.165, 1.54) is 0 Å². The minimum atomic E-state index is -0.398. The fourth-order valence-electron chi connectivity index (χ4n) is 3.07. The molecule has 0 saturated carbocycles. The maximum absolute atomic E-state index is 12.7. The summed E-state index contributed by atoms with van der Waals surface area (Å²) in [6, 6.07) is 12.0. The van der Waals surface area contributed by atoms with Crippen molar-refractivity contribution in [2.75, 3.05) is 36.4 Å². The minimum absolute atomic E-state index is 0.0213. The van der Waals surface area contributed by atoms with Crippen LogP contribution in [0.4, 0.5) is 11.4 Å². The van der Waals surface area contributed by atoms with E-state index in [9.17, 15) is 9.90 Å². The molecule has 2 aromatic rings. The fourth-order valence-corrected chi connectivity index (χ4v) is 3.54. The molecule has 0 radical (unpaired) electrons. The first-order valence-electron chi connectivity index (χ1n) is 8.49. The second-order valence-corrected chi connectivity index (χ2v) is 7.13. The first-order valence-corrected chi connectivity index (χ1v) is 9.24. The van der Waals surface area contributed by atoms with Crippen molar-refractivity contribution in [3.05, 3.63) is 52.5 Å². The first-order chi connectivity index (χ1) is 12.5. The van der Waals surface area contributed by atoms with Crippen LogP contribution in [0, 0.1) is 0 Å². The zero-order chi connectivity index (χ0) is 18.7. The highest BCUT2D eigenvalue weighted by atomic mass is 35.5. The molecule has 1 amide bonds. The van der Waals surface area contributed by atoms with Gasteiger partial charge in [0, 0.05) is 31.2 Å². The molecular formula is C19H21Cl2N3O2. The summed E-state index contributed by atoms with van der Waals surface area (Å²) in [7, 11) is 0. The maximum atomic E-state index is 12.7. The molecule has 0 aliphatic carbocycles. The molecule has 2 aromatic carbocycles. The third-order valence-electron chi connectivity index (χ3n) is 4.49. The van der Waals surface area contributed by atoms with Crippen LogP contribution < -0.4 is 10.2 Å². The van der Waals surface area contributed by atoms with Crippen molar-refractivity contribution in [2.24, 2.45) is 0 Å². The van der Waals surface area contributed by atoms with E-state index in [1.807, 2.05) is 24.0 Å². The van der Waals surface area contributed by atoms with Gasteiger partial charge in [-0.05, 0) is 37.3 Å². The quantitative estimate of drug-likeness (QED) is 0.827. The van der Waals surface area contributed by atoms with Crippen LogP contribution in [0.3, 0.4) is 0 Å². The number of amides is 1. The molecule has 1 fully saturated rings. The predicted octanol–water partition coefficient (Wildman–Crippen LogP) is 3.85. The minimum Gasteiger partial charge on any atom is -0.506 e. The van der Waals surface area contributed by atoms with E-state index in [4.69, 9.17) is 23.2 Å². The Kier molecular flexibility index (Phi) is 5.79. The van der Waals surface area contributed by atoms with Crippen molar-refractivity contribution in [1.82, 2.24) is 4.90 Å². The van der Waals surface area contributed by atoms with E-state index < -0.39 is 6.04 Å². The van der Waals surface area contributed by atoms with Crippen LogP contribution in [0.2, 0.25) is 10.0 Å². The SMILES string of the molecule is C[C@H](Nc1ccc(Cl)cc1Cl)C(=O)N1CCN(c2ccccc2O)CC1. The fraction of sp³-hybridized carbons (Fsp3) is 0.316. The number of piperazine rings is 1. The van der Waals surface area contributed by atoms with Gasteiger partial charge in [-0.2, -0.15) is 0 Å². The topological polar surface area (TPSA) is 55.8 Å². The van der Waals surface area contributed by atoms with Gasteiger partial charge in [-0.15, -0.1) is 0 Å². The lowest BCUT2D eigenvalue weighted by atomic mass is 10.2. The number of nitrogens with one attached hydrogen (secondary N) is 1. The zero-order valence-electron chi connectivity index (χ0n) is 14.5.